The molecule has 1 aromatic heterocycles. The van der Waals surface area contributed by atoms with Gasteiger partial charge in [0, 0.05) is 16.9 Å². The number of carbonyl (C=O) groups is 1. The van der Waals surface area contributed by atoms with Gasteiger partial charge >= 0.3 is 0 Å². The largest absolute Gasteiger partial charge is 0.374 e. The van der Waals surface area contributed by atoms with Crippen LogP contribution < -0.4 is 5.32 Å². The fourth-order valence-electron chi connectivity index (χ4n) is 3.00. The third kappa shape index (κ3) is 4.59. The summed E-state index contributed by atoms with van der Waals surface area (Å²) in [6.07, 6.45) is 4.81. The number of amides is 1. The molecule has 3 rings (SSSR count). The van der Waals surface area contributed by atoms with Crippen LogP contribution in [0.2, 0.25) is 5.02 Å². The van der Waals surface area contributed by atoms with Crippen molar-refractivity contribution in [2.45, 2.75) is 45.3 Å². The van der Waals surface area contributed by atoms with Crippen LogP contribution in [0, 0.1) is 0 Å². The van der Waals surface area contributed by atoms with Gasteiger partial charge in [-0.25, -0.2) is 0 Å². The molecule has 25 heavy (non-hydrogen) atoms. The second-order valence-corrected chi connectivity index (χ2v) is 7.51. The maximum Gasteiger partial charge on any atom is 0.253 e. The smallest absolute Gasteiger partial charge is 0.253 e. The zero-order chi connectivity index (χ0) is 17.9. The Labute approximate surface area is 153 Å². The van der Waals surface area contributed by atoms with Crippen LogP contribution in [-0.2, 0) is 24.2 Å². The Kier molecular flexibility index (Phi) is 5.40. The zero-order valence-corrected chi connectivity index (χ0v) is 15.4. The molecule has 0 unspecified atom stereocenters. The Morgan fingerprint density at radius 1 is 1.32 bits per heavy atom. The first kappa shape index (κ1) is 17.9. The molecule has 1 aromatic carbocycles. The number of aromatic nitrogens is 1. The average molecular weight is 359 g/mol. The van der Waals surface area contributed by atoms with Crippen LogP contribution in [0.5, 0.6) is 0 Å². The molecule has 4 nitrogen and oxygen atoms in total. The van der Waals surface area contributed by atoms with Gasteiger partial charge in [0.1, 0.15) is 0 Å². The van der Waals surface area contributed by atoms with E-state index in [1.54, 1.807) is 6.20 Å². The van der Waals surface area contributed by atoms with Crippen molar-refractivity contribution in [1.82, 2.24) is 10.3 Å². The zero-order valence-electron chi connectivity index (χ0n) is 14.6. The number of aryl methyl sites for hydroxylation is 2. The van der Waals surface area contributed by atoms with Gasteiger partial charge in [0.25, 0.3) is 5.91 Å². The van der Waals surface area contributed by atoms with Gasteiger partial charge in [0.15, 0.2) is 0 Å². The molecule has 1 aliphatic rings. The summed E-state index contributed by atoms with van der Waals surface area (Å²) in [4.78, 5) is 16.9. The van der Waals surface area contributed by atoms with Gasteiger partial charge in [-0.1, -0.05) is 29.8 Å². The number of rotatable bonds is 6. The first-order valence-electron chi connectivity index (χ1n) is 8.56. The standard InChI is InChI=1S/C20H23ClN2O2/c1-20(2,13-25-12-15-6-3-4-8-17(15)21)23-19(24)16-10-14-7-5-9-18(14)22-11-16/h3-4,6,8,10-11H,5,7,9,12-13H2,1-2H3,(H,23,24). The molecule has 1 aliphatic carbocycles. The van der Waals surface area contributed by atoms with E-state index in [-0.39, 0.29) is 5.91 Å². The molecule has 132 valence electrons. The van der Waals surface area contributed by atoms with Crippen molar-refractivity contribution in [3.63, 3.8) is 0 Å². The number of nitrogens with one attached hydrogen (secondary N) is 1. The van der Waals surface area contributed by atoms with Crippen LogP contribution in [-0.4, -0.2) is 23.0 Å². The van der Waals surface area contributed by atoms with E-state index in [0.717, 1.165) is 30.5 Å². The lowest BCUT2D eigenvalue weighted by Crippen LogP contribution is -2.47. The lowest BCUT2D eigenvalue weighted by Gasteiger charge is -2.26. The summed E-state index contributed by atoms with van der Waals surface area (Å²) >= 11 is 6.13. The summed E-state index contributed by atoms with van der Waals surface area (Å²) in [5.41, 5.74) is 3.38. The molecule has 0 radical (unpaired) electrons. The van der Waals surface area contributed by atoms with Crippen molar-refractivity contribution in [3.8, 4) is 0 Å². The third-order valence-corrected chi connectivity index (χ3v) is 4.68. The summed E-state index contributed by atoms with van der Waals surface area (Å²) in [6, 6.07) is 9.56. The lowest BCUT2D eigenvalue weighted by atomic mass is 10.1. The highest BCUT2D eigenvalue weighted by molar-refractivity contribution is 6.31. The number of benzene rings is 1. The normalized spacial score (nSPS) is 13.6. The van der Waals surface area contributed by atoms with Crippen LogP contribution in [0.4, 0.5) is 0 Å². The Hall–Kier alpha value is -1.91. The molecule has 0 saturated heterocycles. The number of carbonyl (C=O) groups excluding carboxylic acids is 1. The maximum absolute atomic E-state index is 12.5. The van der Waals surface area contributed by atoms with Crippen LogP contribution in [0.3, 0.4) is 0 Å². The van der Waals surface area contributed by atoms with Crippen molar-refractivity contribution in [2.75, 3.05) is 6.61 Å². The van der Waals surface area contributed by atoms with E-state index in [0.29, 0.717) is 23.8 Å². The van der Waals surface area contributed by atoms with Gasteiger partial charge in [0.05, 0.1) is 24.3 Å². The van der Waals surface area contributed by atoms with E-state index in [9.17, 15) is 4.79 Å². The number of hydrogen-bond donors (Lipinski definition) is 1. The van der Waals surface area contributed by atoms with E-state index < -0.39 is 5.54 Å². The number of fused-ring (bicyclic) bond motifs is 1. The molecule has 0 spiro atoms. The first-order chi connectivity index (χ1) is 11.9. The van der Waals surface area contributed by atoms with E-state index in [4.69, 9.17) is 16.3 Å². The van der Waals surface area contributed by atoms with E-state index >= 15 is 0 Å². The molecule has 1 amide bonds. The summed E-state index contributed by atoms with van der Waals surface area (Å²) < 4.78 is 5.76. The second kappa shape index (κ2) is 7.54. The van der Waals surface area contributed by atoms with Crippen LogP contribution in [0.1, 0.15) is 47.4 Å². The molecular formula is C20H23ClN2O2. The predicted octanol–water partition coefficient (Wildman–Crippen LogP) is 3.95. The molecule has 2 aromatic rings. The second-order valence-electron chi connectivity index (χ2n) is 7.11. The summed E-state index contributed by atoms with van der Waals surface area (Å²) in [5, 5.41) is 3.72. The number of nitrogens with zero attached hydrogens (tertiary/aromatic N) is 1. The Balaban J connectivity index is 1.55. The number of hydrogen-bond acceptors (Lipinski definition) is 3. The van der Waals surface area contributed by atoms with Gasteiger partial charge in [-0.05, 0) is 56.4 Å². The molecular weight excluding hydrogens is 336 g/mol. The average Bonchev–Trinajstić information content (AvgIpc) is 3.03. The van der Waals surface area contributed by atoms with E-state index in [1.165, 1.54) is 5.56 Å². The number of ether oxygens (including phenoxy) is 1. The quantitative estimate of drug-likeness (QED) is 0.850. The molecule has 0 fully saturated rings. The van der Waals surface area contributed by atoms with E-state index in [1.807, 2.05) is 44.2 Å². The fraction of sp³-hybridized carbons (Fsp3) is 0.400. The van der Waals surface area contributed by atoms with Crippen molar-refractivity contribution in [3.05, 3.63) is 63.9 Å². The molecule has 1 N–H and O–H groups in total. The minimum absolute atomic E-state index is 0.117. The predicted molar refractivity (Wildman–Crippen MR) is 98.9 cm³/mol. The molecule has 1 heterocycles. The van der Waals surface area contributed by atoms with Gasteiger partial charge in [-0.15, -0.1) is 0 Å². The SMILES string of the molecule is CC(C)(COCc1ccccc1Cl)NC(=O)c1cnc2c(c1)CCC2. The molecule has 5 heteroatoms. The minimum atomic E-state index is -0.489. The Bertz CT molecular complexity index is 774. The van der Waals surface area contributed by atoms with Gasteiger partial charge in [-0.3, -0.25) is 9.78 Å². The summed E-state index contributed by atoms with van der Waals surface area (Å²) in [7, 11) is 0. The molecule has 0 atom stereocenters. The summed E-state index contributed by atoms with van der Waals surface area (Å²) in [5.74, 6) is -0.117. The minimum Gasteiger partial charge on any atom is -0.374 e. The van der Waals surface area contributed by atoms with Gasteiger partial charge in [-0.2, -0.15) is 0 Å². The lowest BCUT2D eigenvalue weighted by molar-refractivity contribution is 0.0617. The monoisotopic (exact) mass is 358 g/mol. The van der Waals surface area contributed by atoms with Gasteiger partial charge < -0.3 is 10.1 Å². The first-order valence-corrected chi connectivity index (χ1v) is 8.94. The van der Waals surface area contributed by atoms with Crippen LogP contribution >= 0.6 is 11.6 Å². The van der Waals surface area contributed by atoms with Crippen LogP contribution in [0.15, 0.2) is 36.5 Å². The Morgan fingerprint density at radius 3 is 2.92 bits per heavy atom. The van der Waals surface area contributed by atoms with Crippen LogP contribution in [0.25, 0.3) is 0 Å². The highest BCUT2D eigenvalue weighted by Crippen LogP contribution is 2.21. The van der Waals surface area contributed by atoms with Crippen molar-refractivity contribution < 1.29 is 9.53 Å². The van der Waals surface area contributed by atoms with Crippen molar-refractivity contribution in [2.24, 2.45) is 0 Å². The highest BCUT2D eigenvalue weighted by atomic mass is 35.5. The molecule has 0 aliphatic heterocycles. The summed E-state index contributed by atoms with van der Waals surface area (Å²) in [6.45, 7) is 4.69. The Morgan fingerprint density at radius 2 is 2.12 bits per heavy atom. The van der Waals surface area contributed by atoms with E-state index in [2.05, 4.69) is 10.3 Å². The number of pyridine rings is 1. The molecule has 0 bridgehead atoms. The van der Waals surface area contributed by atoms with Gasteiger partial charge in [0.2, 0.25) is 0 Å². The highest BCUT2D eigenvalue weighted by Gasteiger charge is 2.23. The van der Waals surface area contributed by atoms with Crippen molar-refractivity contribution >= 4 is 17.5 Å². The third-order valence-electron chi connectivity index (χ3n) is 4.31. The van der Waals surface area contributed by atoms with Crippen molar-refractivity contribution in [1.29, 1.82) is 0 Å². The topological polar surface area (TPSA) is 51.2 Å². The number of halogens is 1. The maximum atomic E-state index is 12.5. The fourth-order valence-corrected chi connectivity index (χ4v) is 3.19. The molecule has 0 saturated carbocycles.